The van der Waals surface area contributed by atoms with Gasteiger partial charge in [-0.15, -0.1) is 0 Å². The van der Waals surface area contributed by atoms with Crippen LogP contribution in [0.25, 0.3) is 11.1 Å². The Balaban J connectivity index is 2.11. The van der Waals surface area contributed by atoms with Crippen LogP contribution in [0.15, 0.2) is 29.4 Å². The molecular weight excluding hydrogens is 358 g/mol. The van der Waals surface area contributed by atoms with Crippen molar-refractivity contribution in [2.45, 2.75) is 33.3 Å². The van der Waals surface area contributed by atoms with Gasteiger partial charge in [-0.2, -0.15) is 5.10 Å². The molecule has 0 aromatic heterocycles. The maximum atomic E-state index is 12.7. The minimum atomic E-state index is -0.558. The molecule has 3 rings (SSSR count). The first-order chi connectivity index (χ1) is 13.2. The van der Waals surface area contributed by atoms with Crippen molar-refractivity contribution in [3.63, 3.8) is 0 Å². The molecule has 148 valence electrons. The van der Waals surface area contributed by atoms with Gasteiger partial charge in [-0.3, -0.25) is 4.79 Å². The summed E-state index contributed by atoms with van der Waals surface area (Å²) in [5.74, 6) is 10.6. The lowest BCUT2D eigenvalue weighted by Gasteiger charge is -2.36. The molecule has 0 unspecified atom stereocenters. The van der Waals surface area contributed by atoms with Crippen LogP contribution in [0.3, 0.4) is 0 Å². The number of benzene rings is 2. The van der Waals surface area contributed by atoms with E-state index >= 15 is 0 Å². The van der Waals surface area contributed by atoms with Crippen LogP contribution in [0.2, 0.25) is 0 Å². The van der Waals surface area contributed by atoms with E-state index in [0.717, 1.165) is 16.7 Å². The highest BCUT2D eigenvalue weighted by atomic mass is 16.5. The number of hydrogen-bond donors (Lipinski definition) is 5. The highest BCUT2D eigenvalue weighted by molar-refractivity contribution is 6.03. The molecule has 7 N–H and O–H groups in total. The predicted molar refractivity (Wildman–Crippen MR) is 108 cm³/mol. The van der Waals surface area contributed by atoms with E-state index in [2.05, 4.69) is 15.8 Å². The zero-order chi connectivity index (χ0) is 20.6. The first-order valence-electron chi connectivity index (χ1n) is 8.88. The average Bonchev–Trinajstić information content (AvgIpc) is 2.61. The zero-order valence-electron chi connectivity index (χ0n) is 16.4. The molecule has 0 saturated heterocycles. The molecule has 0 aliphatic carbocycles. The Bertz CT molecular complexity index is 982. The largest absolute Gasteiger partial charge is 0.506 e. The maximum Gasteiger partial charge on any atom is 0.255 e. The Morgan fingerprint density at radius 3 is 2.64 bits per heavy atom. The number of nitrogens with two attached hydrogens (primary N) is 2. The number of nitrogens with zero attached hydrogens (tertiary/aromatic N) is 1. The summed E-state index contributed by atoms with van der Waals surface area (Å²) in [6.07, 6.45) is 0. The Hall–Kier alpha value is -3.26. The number of nitrogens with one attached hydrogen (secondary N) is 2. The van der Waals surface area contributed by atoms with Crippen LogP contribution in [0.4, 0.5) is 0 Å². The fraction of sp³-hybridized carbons (Fsp3) is 0.300. The topological polar surface area (TPSA) is 135 Å². The van der Waals surface area contributed by atoms with E-state index < -0.39 is 11.5 Å². The van der Waals surface area contributed by atoms with Gasteiger partial charge in [-0.1, -0.05) is 23.8 Å². The number of hydrazone groups is 1. The molecule has 0 saturated carbocycles. The number of hydrazine groups is 1. The van der Waals surface area contributed by atoms with Gasteiger partial charge in [0.05, 0.1) is 17.7 Å². The smallest absolute Gasteiger partial charge is 0.255 e. The summed E-state index contributed by atoms with van der Waals surface area (Å²) in [7, 11) is 0. The number of hydrogen-bond acceptors (Lipinski definition) is 6. The van der Waals surface area contributed by atoms with Crippen LogP contribution < -0.4 is 27.2 Å². The van der Waals surface area contributed by atoms with Crippen LogP contribution in [-0.2, 0) is 5.60 Å². The molecule has 2 aromatic carbocycles. The van der Waals surface area contributed by atoms with E-state index in [0.29, 0.717) is 16.9 Å². The zero-order valence-corrected chi connectivity index (χ0v) is 16.4. The monoisotopic (exact) mass is 383 g/mol. The fourth-order valence-electron chi connectivity index (χ4n) is 3.50. The van der Waals surface area contributed by atoms with Crippen molar-refractivity contribution in [2.75, 3.05) is 6.54 Å². The normalized spacial score (nSPS) is 14.5. The molecule has 8 heteroatoms. The van der Waals surface area contributed by atoms with Crippen molar-refractivity contribution in [2.24, 2.45) is 16.8 Å². The molecule has 2 aromatic rings. The fourth-order valence-corrected chi connectivity index (χ4v) is 3.50. The number of carbonyl (C=O) groups is 1. The van der Waals surface area contributed by atoms with Crippen molar-refractivity contribution < 1.29 is 14.6 Å². The molecule has 1 aliphatic rings. The van der Waals surface area contributed by atoms with Gasteiger partial charge < -0.3 is 26.4 Å². The molecule has 0 radical (unpaired) electrons. The number of carbonyl (C=O) groups excluding carboxylic acids is 1. The van der Waals surface area contributed by atoms with Crippen LogP contribution in [0.1, 0.15) is 40.9 Å². The van der Waals surface area contributed by atoms with Crippen LogP contribution in [-0.4, -0.2) is 23.4 Å². The Kier molecular flexibility index (Phi) is 4.91. The van der Waals surface area contributed by atoms with Crippen molar-refractivity contribution in [3.05, 3.63) is 46.5 Å². The van der Waals surface area contributed by atoms with Gasteiger partial charge in [0.15, 0.2) is 5.84 Å². The molecule has 0 atom stereocenters. The number of ether oxygens (including phenoxy) is 1. The SMILES string of the molecule is Cc1ccc2c(c1)-c1c(cc(C)c(C(=O)NC/C(=N/N)NN)c1O)OC2(C)C. The molecule has 1 heterocycles. The Morgan fingerprint density at radius 2 is 2.00 bits per heavy atom. The molecule has 1 amide bonds. The third-order valence-corrected chi connectivity index (χ3v) is 4.89. The lowest BCUT2D eigenvalue weighted by Crippen LogP contribution is -2.41. The third kappa shape index (κ3) is 3.22. The van der Waals surface area contributed by atoms with E-state index in [1.807, 2.05) is 39.0 Å². The summed E-state index contributed by atoms with van der Waals surface area (Å²) in [6, 6.07) is 7.76. The van der Waals surface area contributed by atoms with Crippen LogP contribution in [0, 0.1) is 13.8 Å². The number of phenols is 1. The molecule has 0 bridgehead atoms. The third-order valence-electron chi connectivity index (χ3n) is 4.89. The minimum Gasteiger partial charge on any atom is -0.506 e. The van der Waals surface area contributed by atoms with Gasteiger partial charge in [-0.05, 0) is 44.9 Å². The highest BCUT2D eigenvalue weighted by Crippen LogP contribution is 2.51. The van der Waals surface area contributed by atoms with Gasteiger partial charge >= 0.3 is 0 Å². The van der Waals surface area contributed by atoms with Crippen molar-refractivity contribution in [3.8, 4) is 22.6 Å². The van der Waals surface area contributed by atoms with E-state index in [-0.39, 0.29) is 23.7 Å². The maximum absolute atomic E-state index is 12.7. The summed E-state index contributed by atoms with van der Waals surface area (Å²) in [4.78, 5) is 12.7. The van der Waals surface area contributed by atoms with E-state index in [4.69, 9.17) is 16.4 Å². The standard InChI is InChI=1S/C20H25N5O3/c1-10-5-6-13-12(7-10)17-14(28-20(13,3)4)8-11(2)16(18(17)26)19(27)23-9-15(24-21)25-22/h5-8,26H,9,21-22H2,1-4H3,(H,23,27)(H,24,25). The van der Waals surface area contributed by atoms with Gasteiger partial charge in [0.1, 0.15) is 17.1 Å². The first kappa shape index (κ1) is 19.5. The average molecular weight is 383 g/mol. The van der Waals surface area contributed by atoms with E-state index in [9.17, 15) is 9.90 Å². The van der Waals surface area contributed by atoms with Crippen molar-refractivity contribution >= 4 is 11.7 Å². The van der Waals surface area contributed by atoms with Crippen molar-refractivity contribution in [1.82, 2.24) is 10.7 Å². The second-order valence-electron chi connectivity index (χ2n) is 7.35. The molecule has 1 aliphatic heterocycles. The number of rotatable bonds is 3. The number of fused-ring (bicyclic) bond motifs is 3. The van der Waals surface area contributed by atoms with E-state index in [1.54, 1.807) is 13.0 Å². The predicted octanol–water partition coefficient (Wildman–Crippen LogP) is 1.77. The first-order valence-corrected chi connectivity index (χ1v) is 8.88. The summed E-state index contributed by atoms with van der Waals surface area (Å²) < 4.78 is 6.16. The number of amidine groups is 1. The number of phenolic OH excluding ortho intramolecular Hbond substituents is 1. The Labute approximate surface area is 163 Å². The lowest BCUT2D eigenvalue weighted by molar-refractivity contribution is 0.0954. The summed E-state index contributed by atoms with van der Waals surface area (Å²) >= 11 is 0. The molecule has 0 spiro atoms. The van der Waals surface area contributed by atoms with Crippen LogP contribution >= 0.6 is 0 Å². The van der Waals surface area contributed by atoms with Gasteiger partial charge in [0.25, 0.3) is 5.91 Å². The van der Waals surface area contributed by atoms with Gasteiger partial charge in [-0.25, -0.2) is 5.84 Å². The number of amides is 1. The minimum absolute atomic E-state index is 0.00102. The van der Waals surface area contributed by atoms with Gasteiger partial charge in [0.2, 0.25) is 0 Å². The molecule has 8 nitrogen and oxygen atoms in total. The van der Waals surface area contributed by atoms with Gasteiger partial charge in [0, 0.05) is 5.56 Å². The molecule has 28 heavy (non-hydrogen) atoms. The second-order valence-corrected chi connectivity index (χ2v) is 7.35. The van der Waals surface area contributed by atoms with Crippen LogP contribution in [0.5, 0.6) is 11.5 Å². The Morgan fingerprint density at radius 1 is 1.29 bits per heavy atom. The summed E-state index contributed by atoms with van der Waals surface area (Å²) in [5.41, 5.74) is 5.85. The highest BCUT2D eigenvalue weighted by Gasteiger charge is 2.36. The summed E-state index contributed by atoms with van der Waals surface area (Å²) in [5, 5.41) is 17.1. The quantitative estimate of drug-likeness (QED) is 0.237. The number of aromatic hydroxyl groups is 1. The van der Waals surface area contributed by atoms with Crippen molar-refractivity contribution in [1.29, 1.82) is 0 Å². The number of aryl methyl sites for hydroxylation is 2. The van der Waals surface area contributed by atoms with E-state index in [1.165, 1.54) is 0 Å². The summed E-state index contributed by atoms with van der Waals surface area (Å²) in [6.45, 7) is 7.68. The lowest BCUT2D eigenvalue weighted by atomic mass is 9.83. The molecular formula is C20H25N5O3. The molecule has 0 fully saturated rings. The second kappa shape index (κ2) is 7.05.